The fourth-order valence-electron chi connectivity index (χ4n) is 6.27. The van der Waals surface area contributed by atoms with Crippen LogP contribution in [0, 0.1) is 5.92 Å². The van der Waals surface area contributed by atoms with Gasteiger partial charge in [-0.2, -0.15) is 0 Å². The number of hydrogen-bond donors (Lipinski definition) is 2. The summed E-state index contributed by atoms with van der Waals surface area (Å²) in [5, 5.41) is 13.7. The van der Waals surface area contributed by atoms with Gasteiger partial charge in [0.15, 0.2) is 11.6 Å². The van der Waals surface area contributed by atoms with Crippen molar-refractivity contribution < 1.29 is 14.6 Å². The molecule has 0 radical (unpaired) electrons. The minimum atomic E-state index is -0.748. The van der Waals surface area contributed by atoms with Gasteiger partial charge in [-0.3, -0.25) is 14.6 Å². The fourth-order valence-corrected chi connectivity index (χ4v) is 6.78. The Balaban J connectivity index is 1.35. The highest BCUT2D eigenvalue weighted by Crippen LogP contribution is 2.39. The van der Waals surface area contributed by atoms with Gasteiger partial charge in [-0.1, -0.05) is 29.3 Å². The summed E-state index contributed by atoms with van der Waals surface area (Å²) in [6.45, 7) is 8.38. The number of piperazine rings is 1. The smallest absolute Gasteiger partial charge is 0.303 e. The predicted molar refractivity (Wildman–Crippen MR) is 173 cm³/mol. The molecule has 0 bridgehead atoms. The highest BCUT2D eigenvalue weighted by Gasteiger charge is 2.30. The quantitative estimate of drug-likeness (QED) is 0.268. The number of likely N-dealkylation sites (tertiary alicyclic amines) is 1. The number of carboxylic acid groups (broad SMARTS) is 1. The highest BCUT2D eigenvalue weighted by molar-refractivity contribution is 6.35. The fraction of sp³-hybridized carbons (Fsp3) is 0.500. The van der Waals surface area contributed by atoms with E-state index in [2.05, 4.69) is 41.9 Å². The number of aromatic nitrogens is 3. The van der Waals surface area contributed by atoms with Gasteiger partial charge in [0.1, 0.15) is 6.33 Å². The van der Waals surface area contributed by atoms with E-state index in [4.69, 9.17) is 27.9 Å². The molecule has 2 N–H and O–H groups in total. The number of piperidine rings is 1. The van der Waals surface area contributed by atoms with Crippen LogP contribution in [0.15, 0.2) is 49.1 Å². The van der Waals surface area contributed by atoms with Crippen LogP contribution in [0.4, 0.5) is 5.82 Å². The number of carboxylic acids is 1. The van der Waals surface area contributed by atoms with Crippen molar-refractivity contribution in [3.05, 3.63) is 70.2 Å². The van der Waals surface area contributed by atoms with Gasteiger partial charge in [0.05, 0.1) is 12.2 Å². The Kier molecular flexibility index (Phi) is 11.3. The number of benzene rings is 1. The molecule has 2 aliphatic rings. The molecular formula is C32H41Cl2N7O3. The van der Waals surface area contributed by atoms with Crippen LogP contribution in [0.5, 0.6) is 11.6 Å². The Morgan fingerprint density at radius 1 is 1.07 bits per heavy atom. The lowest BCUT2D eigenvalue weighted by Crippen LogP contribution is -2.50. The third kappa shape index (κ3) is 8.17. The highest BCUT2D eigenvalue weighted by atomic mass is 35.5. The van der Waals surface area contributed by atoms with Crippen LogP contribution in [0.2, 0.25) is 10.0 Å². The maximum Gasteiger partial charge on any atom is 0.303 e. The first-order valence-corrected chi connectivity index (χ1v) is 16.1. The molecule has 0 spiro atoms. The Bertz CT molecular complexity index is 1400. The summed E-state index contributed by atoms with van der Waals surface area (Å²) in [5.41, 5.74) is 1.90. The van der Waals surface area contributed by atoms with E-state index in [1.54, 1.807) is 24.8 Å². The number of rotatable bonds is 12. The predicted octanol–water partition coefficient (Wildman–Crippen LogP) is 5.37. The summed E-state index contributed by atoms with van der Waals surface area (Å²) in [7, 11) is 1.99. The summed E-state index contributed by atoms with van der Waals surface area (Å²) in [6.07, 6.45) is 7.90. The average Bonchev–Trinajstić information content (AvgIpc) is 3.02. The van der Waals surface area contributed by atoms with E-state index in [-0.39, 0.29) is 18.4 Å². The first kappa shape index (κ1) is 32.4. The SMILES string of the molecule is CNCCC(C)N1CCN(c2ncncc2Oc2cc(C(c3ccc(Cl)cc3Cl)N3CCC(CC(=O)O)CC3)ccn2)CC1. The summed E-state index contributed by atoms with van der Waals surface area (Å²) < 4.78 is 6.38. The van der Waals surface area contributed by atoms with Gasteiger partial charge in [-0.25, -0.2) is 15.0 Å². The van der Waals surface area contributed by atoms with Crippen LogP contribution >= 0.6 is 23.2 Å². The lowest BCUT2D eigenvalue weighted by atomic mass is 9.90. The zero-order chi connectivity index (χ0) is 31.1. The Morgan fingerprint density at radius 3 is 2.55 bits per heavy atom. The van der Waals surface area contributed by atoms with Crippen LogP contribution in [0.25, 0.3) is 0 Å². The number of pyridine rings is 1. The maximum absolute atomic E-state index is 11.3. The summed E-state index contributed by atoms with van der Waals surface area (Å²) in [6, 6.07) is 9.82. The molecule has 2 saturated heterocycles. The molecule has 2 unspecified atom stereocenters. The third-order valence-electron chi connectivity index (χ3n) is 8.73. The minimum Gasteiger partial charge on any atom is -0.481 e. The van der Waals surface area contributed by atoms with Crippen LogP contribution < -0.4 is 15.0 Å². The first-order chi connectivity index (χ1) is 21.3. The lowest BCUT2D eigenvalue weighted by Gasteiger charge is -2.39. The average molecular weight is 643 g/mol. The van der Waals surface area contributed by atoms with Crippen molar-refractivity contribution in [3.8, 4) is 11.6 Å². The second-order valence-electron chi connectivity index (χ2n) is 11.6. The van der Waals surface area contributed by atoms with Crippen molar-refractivity contribution in [2.45, 2.75) is 44.7 Å². The molecule has 2 aliphatic heterocycles. The van der Waals surface area contributed by atoms with E-state index < -0.39 is 5.97 Å². The normalized spacial score (nSPS) is 18.2. The molecule has 2 atom stereocenters. The molecule has 0 amide bonds. The number of nitrogens with one attached hydrogen (secondary N) is 1. The van der Waals surface area contributed by atoms with E-state index in [1.807, 2.05) is 31.3 Å². The van der Waals surface area contributed by atoms with Crippen molar-refractivity contribution in [1.29, 1.82) is 0 Å². The largest absolute Gasteiger partial charge is 0.481 e. The van der Waals surface area contributed by atoms with Crippen molar-refractivity contribution in [2.24, 2.45) is 5.92 Å². The topological polar surface area (TPSA) is 107 Å². The van der Waals surface area contributed by atoms with Gasteiger partial charge in [-0.05, 0) is 88.1 Å². The third-order valence-corrected chi connectivity index (χ3v) is 9.29. The molecule has 44 heavy (non-hydrogen) atoms. The molecule has 0 saturated carbocycles. The van der Waals surface area contributed by atoms with Gasteiger partial charge in [0.2, 0.25) is 5.88 Å². The van der Waals surface area contributed by atoms with Crippen molar-refractivity contribution in [1.82, 2.24) is 30.1 Å². The molecule has 236 valence electrons. The number of hydrogen-bond acceptors (Lipinski definition) is 9. The minimum absolute atomic E-state index is 0.163. The summed E-state index contributed by atoms with van der Waals surface area (Å²) >= 11 is 13.0. The lowest BCUT2D eigenvalue weighted by molar-refractivity contribution is -0.138. The standard InChI is InChI=1S/C32H41Cl2N7O3/c1-22(5-9-35-2)39-13-15-41(16-14-39)32-28(20-36-21-38-32)44-29-18-24(6-10-37-29)31(26-4-3-25(33)19-27(26)34)40-11-7-23(8-12-40)17-30(42)43/h3-4,6,10,18-23,31,35H,5,7-9,11-17H2,1-2H3,(H,42,43). The molecule has 1 aromatic carbocycles. The Morgan fingerprint density at radius 2 is 1.84 bits per heavy atom. The van der Waals surface area contributed by atoms with E-state index in [0.717, 1.165) is 82.0 Å². The molecule has 2 aromatic heterocycles. The Hall–Kier alpha value is -3.02. The van der Waals surface area contributed by atoms with Gasteiger partial charge >= 0.3 is 5.97 Å². The second-order valence-corrected chi connectivity index (χ2v) is 12.5. The molecule has 4 heterocycles. The molecule has 0 aliphatic carbocycles. The zero-order valence-corrected chi connectivity index (χ0v) is 26.8. The van der Waals surface area contributed by atoms with E-state index in [9.17, 15) is 9.90 Å². The van der Waals surface area contributed by atoms with Crippen LogP contribution in [-0.4, -0.2) is 94.7 Å². The van der Waals surface area contributed by atoms with E-state index >= 15 is 0 Å². The molecule has 2 fully saturated rings. The van der Waals surface area contributed by atoms with Crippen molar-refractivity contribution >= 4 is 35.0 Å². The molecule has 10 nitrogen and oxygen atoms in total. The summed E-state index contributed by atoms with van der Waals surface area (Å²) in [4.78, 5) is 31.8. The van der Waals surface area contributed by atoms with Gasteiger partial charge < -0.3 is 20.1 Å². The van der Waals surface area contributed by atoms with Crippen LogP contribution in [0.1, 0.15) is 49.8 Å². The molecule has 5 rings (SSSR count). The van der Waals surface area contributed by atoms with Gasteiger partial charge in [-0.15, -0.1) is 0 Å². The number of aliphatic carboxylic acids is 1. The number of ether oxygens (including phenoxy) is 1. The van der Waals surface area contributed by atoms with E-state index in [1.165, 1.54) is 0 Å². The summed E-state index contributed by atoms with van der Waals surface area (Å²) in [5.74, 6) is 1.17. The van der Waals surface area contributed by atoms with Crippen molar-refractivity contribution in [3.63, 3.8) is 0 Å². The Labute approximate surface area is 269 Å². The number of halogens is 2. The monoisotopic (exact) mass is 641 g/mol. The van der Waals surface area contributed by atoms with Gasteiger partial charge in [0.25, 0.3) is 0 Å². The zero-order valence-electron chi connectivity index (χ0n) is 25.3. The first-order valence-electron chi connectivity index (χ1n) is 15.3. The number of nitrogens with zero attached hydrogens (tertiary/aromatic N) is 6. The van der Waals surface area contributed by atoms with Crippen molar-refractivity contribution in [2.75, 3.05) is 57.8 Å². The second kappa shape index (κ2) is 15.3. The van der Waals surface area contributed by atoms with E-state index in [0.29, 0.717) is 27.7 Å². The molecule has 12 heteroatoms. The molecular weight excluding hydrogens is 601 g/mol. The van der Waals surface area contributed by atoms with Gasteiger partial charge in [0, 0.05) is 61.0 Å². The van der Waals surface area contributed by atoms with Crippen LogP contribution in [-0.2, 0) is 4.79 Å². The maximum atomic E-state index is 11.3. The molecule has 3 aromatic rings. The number of anilines is 1. The number of carbonyl (C=O) groups is 1. The van der Waals surface area contributed by atoms with Crippen LogP contribution in [0.3, 0.4) is 0 Å².